The minimum Gasteiger partial charge on any atom is -0.252 e. The van der Waals surface area contributed by atoms with E-state index >= 15 is 0 Å². The lowest BCUT2D eigenvalue weighted by molar-refractivity contribution is -0.138. The van der Waals surface area contributed by atoms with Gasteiger partial charge in [-0.15, -0.1) is 10.2 Å². The Morgan fingerprint density at radius 2 is 0.921 bits per heavy atom. The quantitative estimate of drug-likeness (QED) is 0.139. The van der Waals surface area contributed by atoms with E-state index in [0.29, 0.717) is 23.5 Å². The largest absolute Gasteiger partial charge is 0.417 e. The van der Waals surface area contributed by atoms with Crippen LogP contribution in [0.3, 0.4) is 0 Å². The molecule has 4 aromatic rings. The predicted octanol–water partition coefficient (Wildman–Crippen LogP) is 8.11. The summed E-state index contributed by atoms with van der Waals surface area (Å²) >= 11 is 12.4. The highest BCUT2D eigenvalue weighted by Crippen LogP contribution is 2.33. The molecule has 0 saturated carbocycles. The zero-order valence-electron chi connectivity index (χ0n) is 18.9. The fourth-order valence-electron chi connectivity index (χ4n) is 3.31. The first-order valence-electron chi connectivity index (χ1n) is 10.7. The summed E-state index contributed by atoms with van der Waals surface area (Å²) < 4.78 is 78.9. The molecule has 4 rings (SSSR count). The van der Waals surface area contributed by atoms with Gasteiger partial charge in [0.15, 0.2) is 0 Å². The van der Waals surface area contributed by atoms with Gasteiger partial charge in [-0.1, -0.05) is 83.9 Å². The first kappa shape index (κ1) is 27.3. The Bertz CT molecular complexity index is 1390. The number of rotatable bonds is 5. The third kappa shape index (κ3) is 6.20. The molecule has 0 atom stereocenters. The summed E-state index contributed by atoms with van der Waals surface area (Å²) in [5.41, 5.74) is -1.40. The summed E-state index contributed by atoms with van der Waals surface area (Å²) in [7, 11) is 0. The lowest BCUT2D eigenvalue weighted by Gasteiger charge is -2.12. The van der Waals surface area contributed by atoms with Crippen LogP contribution in [0.2, 0.25) is 10.0 Å². The summed E-state index contributed by atoms with van der Waals surface area (Å²) in [4.78, 5) is 7.76. The van der Waals surface area contributed by atoms with Crippen LogP contribution in [0.15, 0.2) is 95.4 Å². The number of pyridine rings is 2. The molecule has 0 fully saturated rings. The first-order valence-corrected chi connectivity index (χ1v) is 11.4. The highest BCUT2D eigenvalue weighted by Gasteiger charge is 2.33. The van der Waals surface area contributed by atoms with Crippen molar-refractivity contribution >= 4 is 34.6 Å². The summed E-state index contributed by atoms with van der Waals surface area (Å²) in [6, 6.07) is 18.0. The fraction of sp³-hybridized carbons (Fsp3) is 0.0769. The maximum absolute atomic E-state index is 13.2. The van der Waals surface area contributed by atoms with E-state index in [1.165, 1.54) is 0 Å². The lowest BCUT2D eigenvalue weighted by atomic mass is 10.1. The monoisotopic (exact) mass is 566 g/mol. The molecule has 2 heterocycles. The van der Waals surface area contributed by atoms with Crippen molar-refractivity contribution < 1.29 is 26.3 Å². The van der Waals surface area contributed by atoms with Crippen molar-refractivity contribution in [1.82, 2.24) is 9.97 Å². The SMILES string of the molecule is FC(F)(F)c1cnc(/C(=N/N=C(\c2ccccc2)c2ncc(C(F)(F)F)cc2Cl)c2ccccc2)c(Cl)c1. The van der Waals surface area contributed by atoms with E-state index in [1.54, 1.807) is 60.7 Å². The average molecular weight is 567 g/mol. The molecule has 0 aliphatic rings. The molecule has 12 heteroatoms. The number of aromatic nitrogens is 2. The Hall–Kier alpha value is -3.76. The fourth-order valence-corrected chi connectivity index (χ4v) is 3.82. The Labute approximate surface area is 222 Å². The molecule has 0 aliphatic carbocycles. The van der Waals surface area contributed by atoms with E-state index in [4.69, 9.17) is 23.2 Å². The molecule has 38 heavy (non-hydrogen) atoms. The molecule has 0 spiro atoms. The van der Waals surface area contributed by atoms with Gasteiger partial charge in [-0.05, 0) is 12.1 Å². The third-order valence-electron chi connectivity index (χ3n) is 5.13. The Morgan fingerprint density at radius 3 is 1.21 bits per heavy atom. The second kappa shape index (κ2) is 10.9. The molecule has 2 aromatic carbocycles. The van der Waals surface area contributed by atoms with Crippen LogP contribution in [0, 0.1) is 0 Å². The van der Waals surface area contributed by atoms with Gasteiger partial charge in [-0.2, -0.15) is 26.3 Å². The molecule has 0 amide bonds. The van der Waals surface area contributed by atoms with Crippen molar-refractivity contribution in [3.8, 4) is 0 Å². The van der Waals surface area contributed by atoms with E-state index in [0.717, 1.165) is 12.1 Å². The van der Waals surface area contributed by atoms with Gasteiger partial charge in [0.2, 0.25) is 0 Å². The molecule has 0 unspecified atom stereocenters. The molecule has 0 bridgehead atoms. The number of benzene rings is 2. The molecule has 0 radical (unpaired) electrons. The summed E-state index contributed by atoms with van der Waals surface area (Å²) in [5.74, 6) is 0. The van der Waals surface area contributed by atoms with Gasteiger partial charge in [0.25, 0.3) is 0 Å². The van der Waals surface area contributed by atoms with Gasteiger partial charge in [-0.25, -0.2) is 0 Å². The van der Waals surface area contributed by atoms with Crippen LogP contribution in [0.1, 0.15) is 33.6 Å². The minimum atomic E-state index is -4.66. The summed E-state index contributed by atoms with van der Waals surface area (Å²) in [6.07, 6.45) is -8.09. The van der Waals surface area contributed by atoms with Crippen molar-refractivity contribution in [3.05, 3.63) is 129 Å². The van der Waals surface area contributed by atoms with Crippen molar-refractivity contribution in [3.63, 3.8) is 0 Å². The number of halogens is 8. The molecule has 194 valence electrons. The van der Waals surface area contributed by atoms with Crippen LogP contribution in [0.5, 0.6) is 0 Å². The van der Waals surface area contributed by atoms with Crippen molar-refractivity contribution in [2.24, 2.45) is 10.2 Å². The smallest absolute Gasteiger partial charge is 0.252 e. The molecular formula is C26H14Cl2F6N4. The normalized spacial score (nSPS) is 13.1. The van der Waals surface area contributed by atoms with Crippen LogP contribution in [0.4, 0.5) is 26.3 Å². The van der Waals surface area contributed by atoms with E-state index in [2.05, 4.69) is 20.2 Å². The maximum Gasteiger partial charge on any atom is 0.417 e. The van der Waals surface area contributed by atoms with Crippen LogP contribution >= 0.6 is 23.2 Å². The minimum absolute atomic E-state index is 0.0146. The molecule has 4 nitrogen and oxygen atoms in total. The first-order chi connectivity index (χ1) is 17.9. The molecule has 2 aromatic heterocycles. The molecule has 0 N–H and O–H groups in total. The van der Waals surface area contributed by atoms with Gasteiger partial charge in [0.1, 0.15) is 22.8 Å². The predicted molar refractivity (Wildman–Crippen MR) is 133 cm³/mol. The lowest BCUT2D eigenvalue weighted by Crippen LogP contribution is -2.12. The van der Waals surface area contributed by atoms with E-state index in [9.17, 15) is 26.3 Å². The van der Waals surface area contributed by atoms with Gasteiger partial charge >= 0.3 is 12.4 Å². The van der Waals surface area contributed by atoms with E-state index in [-0.39, 0.29) is 32.9 Å². The molecule has 0 aliphatic heterocycles. The molecule has 0 saturated heterocycles. The second-order valence-electron chi connectivity index (χ2n) is 7.73. The maximum atomic E-state index is 13.2. The number of hydrogen-bond acceptors (Lipinski definition) is 4. The van der Waals surface area contributed by atoms with Crippen LogP contribution in [0.25, 0.3) is 0 Å². The Kier molecular flexibility index (Phi) is 7.84. The topological polar surface area (TPSA) is 50.5 Å². The third-order valence-corrected chi connectivity index (χ3v) is 5.71. The van der Waals surface area contributed by atoms with E-state index in [1.807, 2.05) is 0 Å². The standard InChI is InChI=1S/C26H14Cl2F6N4/c27-19-11-17(25(29,30)31)13-35-23(19)21(15-7-3-1-4-8-15)37-38-22(16-9-5-2-6-10-16)24-20(28)12-18(14-36-24)26(32,33)34/h1-14H/b37-21+,38-22+. The van der Waals surface area contributed by atoms with E-state index < -0.39 is 23.5 Å². The van der Waals surface area contributed by atoms with Gasteiger partial charge < -0.3 is 0 Å². The zero-order chi connectivity index (χ0) is 27.5. The van der Waals surface area contributed by atoms with Gasteiger partial charge in [-0.3, -0.25) is 9.97 Å². The van der Waals surface area contributed by atoms with Crippen LogP contribution < -0.4 is 0 Å². The zero-order valence-corrected chi connectivity index (χ0v) is 20.4. The van der Waals surface area contributed by atoms with Crippen molar-refractivity contribution in [2.45, 2.75) is 12.4 Å². The second-order valence-corrected chi connectivity index (χ2v) is 8.55. The number of hydrogen-bond donors (Lipinski definition) is 0. The molecular weight excluding hydrogens is 553 g/mol. The highest BCUT2D eigenvalue weighted by atomic mass is 35.5. The van der Waals surface area contributed by atoms with Crippen molar-refractivity contribution in [2.75, 3.05) is 0 Å². The van der Waals surface area contributed by atoms with Gasteiger partial charge in [0.05, 0.1) is 21.2 Å². The highest BCUT2D eigenvalue weighted by molar-refractivity contribution is 6.36. The Morgan fingerprint density at radius 1 is 0.579 bits per heavy atom. The van der Waals surface area contributed by atoms with Gasteiger partial charge in [0, 0.05) is 23.5 Å². The summed E-state index contributed by atoms with van der Waals surface area (Å²) in [5, 5.41) is 7.82. The van der Waals surface area contributed by atoms with Crippen molar-refractivity contribution in [1.29, 1.82) is 0 Å². The summed E-state index contributed by atoms with van der Waals surface area (Å²) in [6.45, 7) is 0. The Balaban J connectivity index is 1.92. The number of nitrogens with zero attached hydrogens (tertiary/aromatic N) is 4. The number of alkyl halides is 6. The van der Waals surface area contributed by atoms with Crippen LogP contribution in [-0.2, 0) is 12.4 Å². The average Bonchev–Trinajstić information content (AvgIpc) is 2.87. The van der Waals surface area contributed by atoms with Crippen LogP contribution in [-0.4, -0.2) is 21.4 Å².